The fraction of sp³-hybridized carbons (Fsp3) is 0.667. The molecule has 0 saturated carbocycles. The van der Waals surface area contributed by atoms with Gasteiger partial charge in [0.1, 0.15) is 0 Å². The van der Waals surface area contributed by atoms with Crippen molar-refractivity contribution in [2.45, 2.75) is 6.92 Å². The van der Waals surface area contributed by atoms with Crippen molar-refractivity contribution in [1.29, 1.82) is 0 Å². The fourth-order valence-corrected chi connectivity index (χ4v) is 0. The molecule has 0 atom stereocenters. The molecule has 0 aliphatic rings. The number of hydrogen-bond donors (Lipinski definition) is 0. The van der Waals surface area contributed by atoms with Crippen molar-refractivity contribution in [3.8, 4) is 0 Å². The zero-order valence-corrected chi connectivity index (χ0v) is 4.91. The smallest absolute Gasteiger partial charge is 0.0739 e. The van der Waals surface area contributed by atoms with E-state index in [0.29, 0.717) is 0 Å². The summed E-state index contributed by atoms with van der Waals surface area (Å²) >= 11 is 3.12. The Labute approximate surface area is 40.2 Å². The monoisotopic (exact) mass is 135 g/mol. The topological polar surface area (TPSA) is 12.4 Å². The summed E-state index contributed by atoms with van der Waals surface area (Å²) in [6, 6.07) is 0. The maximum absolute atomic E-state index is 3.72. The van der Waals surface area contributed by atoms with Gasteiger partial charge in [0.2, 0.25) is 0 Å². The highest BCUT2D eigenvalue weighted by Gasteiger charge is 1.65. The van der Waals surface area contributed by atoms with Gasteiger partial charge in [-0.2, -0.15) is 0 Å². The van der Waals surface area contributed by atoms with E-state index in [2.05, 4.69) is 20.9 Å². The zero-order valence-electron chi connectivity index (χ0n) is 3.33. The van der Waals surface area contributed by atoms with Gasteiger partial charge in [-0.1, -0.05) is 0 Å². The summed E-state index contributed by atoms with van der Waals surface area (Å²) in [6.45, 7) is 1.89. The summed E-state index contributed by atoms with van der Waals surface area (Å²) in [7, 11) is 1.74. The van der Waals surface area contributed by atoms with E-state index in [1.54, 1.807) is 7.05 Å². The molecule has 0 saturated heterocycles. The second-order valence-corrected chi connectivity index (χ2v) is 1.87. The van der Waals surface area contributed by atoms with Crippen LogP contribution in [-0.4, -0.2) is 11.7 Å². The molecule has 0 heterocycles. The van der Waals surface area contributed by atoms with Gasteiger partial charge in [0.05, 0.1) is 4.62 Å². The molecule has 0 rings (SSSR count). The number of aliphatic imine (C=N–C) groups is 1. The van der Waals surface area contributed by atoms with Gasteiger partial charge in [-0.15, -0.1) is 0 Å². The molecule has 0 N–H and O–H groups in total. The molecule has 30 valence electrons. The van der Waals surface area contributed by atoms with E-state index < -0.39 is 0 Å². The normalized spacial score (nSPS) is 12.2. The Balaban J connectivity index is 3.14. The van der Waals surface area contributed by atoms with Gasteiger partial charge in [0.15, 0.2) is 0 Å². The van der Waals surface area contributed by atoms with E-state index >= 15 is 0 Å². The SMILES string of the molecule is CN=C(C)Br. The Kier molecular flexibility index (Phi) is 2.46. The van der Waals surface area contributed by atoms with Gasteiger partial charge in [0.25, 0.3) is 0 Å². The molecule has 0 aliphatic carbocycles. The van der Waals surface area contributed by atoms with E-state index in [0.717, 1.165) is 4.62 Å². The molecule has 0 aliphatic heterocycles. The van der Waals surface area contributed by atoms with Crippen LogP contribution in [0.3, 0.4) is 0 Å². The summed E-state index contributed by atoms with van der Waals surface area (Å²) in [4.78, 5) is 3.72. The van der Waals surface area contributed by atoms with Gasteiger partial charge in [0, 0.05) is 7.05 Å². The van der Waals surface area contributed by atoms with Crippen molar-refractivity contribution in [3.63, 3.8) is 0 Å². The lowest BCUT2D eigenvalue weighted by molar-refractivity contribution is 1.46. The van der Waals surface area contributed by atoms with Crippen molar-refractivity contribution < 1.29 is 0 Å². The van der Waals surface area contributed by atoms with Crippen LogP contribution in [0.4, 0.5) is 0 Å². The van der Waals surface area contributed by atoms with Crippen LogP contribution in [0.15, 0.2) is 4.99 Å². The lowest BCUT2D eigenvalue weighted by atomic mass is 10.9. The minimum absolute atomic E-state index is 0.942. The van der Waals surface area contributed by atoms with Gasteiger partial charge < -0.3 is 0 Å². The highest BCUT2D eigenvalue weighted by molar-refractivity contribution is 9.18. The van der Waals surface area contributed by atoms with Crippen molar-refractivity contribution >= 4 is 20.6 Å². The van der Waals surface area contributed by atoms with E-state index in [1.165, 1.54) is 0 Å². The standard InChI is InChI=1S/C3H6BrN/c1-3(4)5-2/h1-2H3. The summed E-state index contributed by atoms with van der Waals surface area (Å²) < 4.78 is 0.942. The van der Waals surface area contributed by atoms with Crippen LogP contribution in [0.5, 0.6) is 0 Å². The van der Waals surface area contributed by atoms with E-state index in [1.807, 2.05) is 6.92 Å². The van der Waals surface area contributed by atoms with Gasteiger partial charge >= 0.3 is 0 Å². The third-order valence-corrected chi connectivity index (χ3v) is 0.663. The van der Waals surface area contributed by atoms with Crippen LogP contribution in [0.25, 0.3) is 0 Å². The van der Waals surface area contributed by atoms with E-state index in [9.17, 15) is 0 Å². The first-order valence-corrected chi connectivity index (χ1v) is 2.15. The van der Waals surface area contributed by atoms with E-state index in [4.69, 9.17) is 0 Å². The first-order chi connectivity index (χ1) is 2.27. The minimum Gasteiger partial charge on any atom is -0.286 e. The fourth-order valence-electron chi connectivity index (χ4n) is 0. The Morgan fingerprint density at radius 2 is 2.00 bits per heavy atom. The molecule has 0 spiro atoms. The zero-order chi connectivity index (χ0) is 4.28. The molecule has 0 radical (unpaired) electrons. The van der Waals surface area contributed by atoms with E-state index in [-0.39, 0.29) is 0 Å². The van der Waals surface area contributed by atoms with Crippen molar-refractivity contribution in [2.75, 3.05) is 7.05 Å². The Hall–Kier alpha value is 0.150. The molecule has 2 heteroatoms. The maximum atomic E-state index is 3.72. The first kappa shape index (κ1) is 5.15. The molecule has 0 aromatic carbocycles. The lowest BCUT2D eigenvalue weighted by Crippen LogP contribution is -1.66. The van der Waals surface area contributed by atoms with Crippen LogP contribution >= 0.6 is 15.9 Å². The summed E-state index contributed by atoms with van der Waals surface area (Å²) in [5.41, 5.74) is 0. The molecule has 1 nitrogen and oxygen atoms in total. The van der Waals surface area contributed by atoms with Crippen LogP contribution in [0.2, 0.25) is 0 Å². The lowest BCUT2D eigenvalue weighted by Gasteiger charge is -1.71. The molecule has 0 unspecified atom stereocenters. The van der Waals surface area contributed by atoms with Gasteiger partial charge in [-0.3, -0.25) is 4.99 Å². The van der Waals surface area contributed by atoms with Crippen LogP contribution in [-0.2, 0) is 0 Å². The highest BCUT2D eigenvalue weighted by atomic mass is 79.9. The summed E-state index contributed by atoms with van der Waals surface area (Å²) in [6.07, 6.45) is 0. The number of halogens is 1. The number of nitrogens with zero attached hydrogens (tertiary/aromatic N) is 1. The maximum Gasteiger partial charge on any atom is 0.0739 e. The molecule has 0 aromatic rings. The largest absolute Gasteiger partial charge is 0.286 e. The average Bonchev–Trinajstić information content (AvgIpc) is 1.38. The van der Waals surface area contributed by atoms with Crippen molar-refractivity contribution in [1.82, 2.24) is 0 Å². The average molecular weight is 136 g/mol. The Morgan fingerprint density at radius 1 is 1.80 bits per heavy atom. The molecular weight excluding hydrogens is 130 g/mol. The predicted octanol–water partition coefficient (Wildman–Crippen LogP) is 1.43. The summed E-state index contributed by atoms with van der Waals surface area (Å²) in [5.74, 6) is 0. The van der Waals surface area contributed by atoms with Crippen molar-refractivity contribution in [3.05, 3.63) is 0 Å². The quantitative estimate of drug-likeness (QED) is 0.446. The molecule has 0 bridgehead atoms. The molecule has 5 heavy (non-hydrogen) atoms. The second-order valence-electron chi connectivity index (χ2n) is 0.721. The van der Waals surface area contributed by atoms with Crippen LogP contribution in [0, 0.1) is 0 Å². The third-order valence-electron chi connectivity index (χ3n) is 0.308. The van der Waals surface area contributed by atoms with Crippen LogP contribution in [0.1, 0.15) is 6.92 Å². The third kappa shape index (κ3) is 4.15. The van der Waals surface area contributed by atoms with Crippen molar-refractivity contribution in [2.24, 2.45) is 4.99 Å². The first-order valence-electron chi connectivity index (χ1n) is 1.36. The number of hydrogen-bond acceptors (Lipinski definition) is 1. The minimum atomic E-state index is 0.942. The predicted molar refractivity (Wildman–Crippen MR) is 28.0 cm³/mol. The highest BCUT2D eigenvalue weighted by Crippen LogP contribution is 1.81. The van der Waals surface area contributed by atoms with Crippen LogP contribution < -0.4 is 0 Å². The number of rotatable bonds is 0. The Bertz CT molecular complexity index is 44.9. The summed E-state index contributed by atoms with van der Waals surface area (Å²) in [5, 5.41) is 0. The van der Waals surface area contributed by atoms with Gasteiger partial charge in [-0.25, -0.2) is 0 Å². The molecule has 0 amide bonds. The molecular formula is C3H6BrN. The second kappa shape index (κ2) is 2.39. The molecule has 0 aromatic heterocycles. The Morgan fingerprint density at radius 3 is 2.00 bits per heavy atom. The molecule has 0 fully saturated rings. The van der Waals surface area contributed by atoms with Gasteiger partial charge in [-0.05, 0) is 22.9 Å².